The lowest BCUT2D eigenvalue weighted by Gasteiger charge is -2.28. The van der Waals surface area contributed by atoms with Gasteiger partial charge in [-0.3, -0.25) is 9.48 Å². The lowest BCUT2D eigenvalue weighted by molar-refractivity contribution is -0.136. The number of nitrogens with one attached hydrogen (secondary N) is 1. The topological polar surface area (TPSA) is 50.2 Å². The van der Waals surface area contributed by atoms with Crippen molar-refractivity contribution >= 4 is 18.3 Å². The van der Waals surface area contributed by atoms with Crippen molar-refractivity contribution in [2.75, 3.05) is 19.6 Å². The van der Waals surface area contributed by atoms with Crippen LogP contribution < -0.4 is 5.32 Å². The molecule has 0 spiro atoms. The molecule has 2 heterocycles. The van der Waals surface area contributed by atoms with Gasteiger partial charge in [-0.15, -0.1) is 12.4 Å². The lowest BCUT2D eigenvalue weighted by Crippen LogP contribution is -2.39. The first kappa shape index (κ1) is 19.8. The molecule has 1 aromatic carbocycles. The summed E-state index contributed by atoms with van der Waals surface area (Å²) in [4.78, 5) is 15.3. The average Bonchev–Trinajstić information content (AvgIpc) is 3.14. The molecule has 2 fully saturated rings. The summed E-state index contributed by atoms with van der Waals surface area (Å²) in [5.74, 6) is 0.653. The summed E-state index contributed by atoms with van der Waals surface area (Å²) < 4.78 is 15.0. The monoisotopic (exact) mass is 392 g/mol. The highest BCUT2D eigenvalue weighted by Gasteiger charge is 2.38. The van der Waals surface area contributed by atoms with E-state index in [4.69, 9.17) is 0 Å². The van der Waals surface area contributed by atoms with E-state index in [1.807, 2.05) is 24.3 Å². The van der Waals surface area contributed by atoms with E-state index in [9.17, 15) is 9.18 Å². The predicted octanol–water partition coefficient (Wildman–Crippen LogP) is 2.72. The summed E-state index contributed by atoms with van der Waals surface area (Å²) in [6, 6.07) is 6.47. The first-order chi connectivity index (χ1) is 12.6. The summed E-state index contributed by atoms with van der Waals surface area (Å²) in [5, 5.41) is 7.63. The number of benzene rings is 1. The number of aromatic nitrogens is 2. The molecule has 7 heteroatoms. The fourth-order valence-corrected chi connectivity index (χ4v) is 3.81. The summed E-state index contributed by atoms with van der Waals surface area (Å²) in [6.07, 6.45) is 6.26. The quantitative estimate of drug-likeness (QED) is 0.822. The van der Waals surface area contributed by atoms with E-state index in [0.29, 0.717) is 19.0 Å². The molecule has 4 rings (SSSR count). The maximum atomic E-state index is 13.4. The van der Waals surface area contributed by atoms with Gasteiger partial charge in [0.15, 0.2) is 0 Å². The molecule has 1 aliphatic heterocycles. The van der Waals surface area contributed by atoms with Crippen molar-refractivity contribution in [1.82, 2.24) is 20.0 Å². The van der Waals surface area contributed by atoms with Gasteiger partial charge in [0.1, 0.15) is 5.82 Å². The molecule has 1 saturated carbocycles. The van der Waals surface area contributed by atoms with Gasteiger partial charge < -0.3 is 10.2 Å². The molecule has 2 aliphatic rings. The van der Waals surface area contributed by atoms with Crippen LogP contribution in [0.3, 0.4) is 0 Å². The second kappa shape index (κ2) is 8.40. The van der Waals surface area contributed by atoms with E-state index in [0.717, 1.165) is 24.2 Å². The fourth-order valence-electron chi connectivity index (χ4n) is 3.81. The van der Waals surface area contributed by atoms with Crippen LogP contribution in [0.25, 0.3) is 0 Å². The molecule has 0 unspecified atom stereocenters. The second-order valence-electron chi connectivity index (χ2n) is 7.61. The smallest absolute Gasteiger partial charge is 0.227 e. The van der Waals surface area contributed by atoms with E-state index in [1.54, 1.807) is 16.8 Å². The largest absolute Gasteiger partial charge is 0.338 e. The molecule has 2 atom stereocenters. The number of carbonyl (C=O) groups is 1. The van der Waals surface area contributed by atoms with Crippen LogP contribution >= 0.6 is 12.4 Å². The van der Waals surface area contributed by atoms with Crippen molar-refractivity contribution in [2.45, 2.75) is 25.3 Å². The number of carbonyl (C=O) groups excluding carboxylic acids is 1. The molecule has 146 valence electrons. The highest BCUT2D eigenvalue weighted by atomic mass is 35.5. The number of halogens is 2. The minimum Gasteiger partial charge on any atom is -0.338 e. The Bertz CT molecular complexity index is 775. The molecule has 27 heavy (non-hydrogen) atoms. The third-order valence-electron chi connectivity index (χ3n) is 5.46. The summed E-state index contributed by atoms with van der Waals surface area (Å²) >= 11 is 0. The maximum absolute atomic E-state index is 13.4. The normalized spacial score (nSPS) is 21.7. The second-order valence-corrected chi connectivity index (χ2v) is 7.61. The summed E-state index contributed by atoms with van der Waals surface area (Å²) in [7, 11) is 1.90. The molecule has 1 saturated heterocycles. The highest BCUT2D eigenvalue weighted by molar-refractivity contribution is 5.85. The summed E-state index contributed by atoms with van der Waals surface area (Å²) in [5.41, 5.74) is 2.09. The van der Waals surface area contributed by atoms with Gasteiger partial charge in [-0.2, -0.15) is 5.10 Å². The summed E-state index contributed by atoms with van der Waals surface area (Å²) in [6.45, 7) is 2.84. The molecule has 1 aromatic heterocycles. The molecule has 1 N–H and O–H groups in total. The standard InChI is InChI=1S/C20H25FN4O.ClH/c1-24-13-16(8-23-24)18-9-22-10-19(18)20(26)25(11-14-2-3-14)12-15-4-6-17(21)7-5-15;/h4-8,13-14,18-19,22H,2-3,9-12H2,1H3;1H/t18-,19+;/m1./s1. The zero-order chi connectivity index (χ0) is 18.1. The molecular formula is C20H26ClFN4O. The van der Waals surface area contributed by atoms with Gasteiger partial charge >= 0.3 is 0 Å². The number of nitrogens with zero attached hydrogens (tertiary/aromatic N) is 3. The van der Waals surface area contributed by atoms with Crippen LogP contribution in [0, 0.1) is 17.7 Å². The molecule has 5 nitrogen and oxygen atoms in total. The molecular weight excluding hydrogens is 367 g/mol. The van der Waals surface area contributed by atoms with E-state index in [2.05, 4.69) is 10.4 Å². The van der Waals surface area contributed by atoms with E-state index >= 15 is 0 Å². The van der Waals surface area contributed by atoms with Crippen molar-refractivity contribution < 1.29 is 9.18 Å². The first-order valence-corrected chi connectivity index (χ1v) is 9.32. The average molecular weight is 393 g/mol. The van der Waals surface area contributed by atoms with Crippen LogP contribution in [-0.4, -0.2) is 40.2 Å². The lowest BCUT2D eigenvalue weighted by atomic mass is 9.89. The van der Waals surface area contributed by atoms with Crippen LogP contribution in [-0.2, 0) is 18.4 Å². The van der Waals surface area contributed by atoms with Gasteiger partial charge in [0.25, 0.3) is 0 Å². The van der Waals surface area contributed by atoms with Gasteiger partial charge in [-0.1, -0.05) is 12.1 Å². The zero-order valence-corrected chi connectivity index (χ0v) is 16.3. The van der Waals surface area contributed by atoms with Crippen molar-refractivity contribution in [3.8, 4) is 0 Å². The third-order valence-corrected chi connectivity index (χ3v) is 5.46. The van der Waals surface area contributed by atoms with Gasteiger partial charge in [-0.05, 0) is 42.0 Å². The number of rotatable bonds is 6. The van der Waals surface area contributed by atoms with Crippen molar-refractivity contribution in [1.29, 1.82) is 0 Å². The molecule has 0 bridgehead atoms. The van der Waals surface area contributed by atoms with Crippen LogP contribution in [0.2, 0.25) is 0 Å². The number of amides is 1. The highest BCUT2D eigenvalue weighted by Crippen LogP contribution is 2.33. The van der Waals surface area contributed by atoms with Gasteiger partial charge in [0.05, 0.1) is 12.1 Å². The Hall–Kier alpha value is -1.92. The molecule has 1 aliphatic carbocycles. The van der Waals surface area contributed by atoms with Gasteiger partial charge in [-0.25, -0.2) is 4.39 Å². The number of aryl methyl sites for hydroxylation is 1. The van der Waals surface area contributed by atoms with Crippen LogP contribution in [0.1, 0.15) is 29.9 Å². The van der Waals surface area contributed by atoms with Crippen LogP contribution in [0.5, 0.6) is 0 Å². The molecule has 1 amide bonds. The first-order valence-electron chi connectivity index (χ1n) is 9.32. The minimum atomic E-state index is -0.245. The predicted molar refractivity (Wildman–Crippen MR) is 104 cm³/mol. The Morgan fingerprint density at radius 1 is 1.30 bits per heavy atom. The van der Waals surface area contributed by atoms with Crippen LogP contribution in [0.4, 0.5) is 4.39 Å². The third kappa shape index (κ3) is 4.68. The van der Waals surface area contributed by atoms with Crippen molar-refractivity contribution in [3.63, 3.8) is 0 Å². The SMILES string of the molecule is Cl.Cn1cc([C@H]2CNC[C@@H]2C(=O)N(Cc2ccc(F)cc2)CC2CC2)cn1. The Morgan fingerprint density at radius 3 is 2.67 bits per heavy atom. The number of hydrogen-bond acceptors (Lipinski definition) is 3. The van der Waals surface area contributed by atoms with Crippen molar-refractivity contribution in [2.24, 2.45) is 18.9 Å². The minimum absolute atomic E-state index is 0. The Kier molecular flexibility index (Phi) is 6.17. The Balaban J connectivity index is 0.00000210. The Labute approximate surface area is 165 Å². The van der Waals surface area contributed by atoms with E-state index in [-0.39, 0.29) is 36.0 Å². The Morgan fingerprint density at radius 2 is 2.04 bits per heavy atom. The van der Waals surface area contributed by atoms with E-state index < -0.39 is 0 Å². The van der Waals surface area contributed by atoms with E-state index in [1.165, 1.54) is 25.0 Å². The van der Waals surface area contributed by atoms with Crippen LogP contribution in [0.15, 0.2) is 36.7 Å². The van der Waals surface area contributed by atoms with Crippen molar-refractivity contribution in [3.05, 3.63) is 53.6 Å². The van der Waals surface area contributed by atoms with Gasteiger partial charge in [0.2, 0.25) is 5.91 Å². The molecule has 0 radical (unpaired) electrons. The molecule has 2 aromatic rings. The zero-order valence-electron chi connectivity index (χ0n) is 15.5. The fraction of sp³-hybridized carbons (Fsp3) is 0.500. The maximum Gasteiger partial charge on any atom is 0.227 e. The number of hydrogen-bond donors (Lipinski definition) is 1. The van der Waals surface area contributed by atoms with Gasteiger partial charge in [0, 0.05) is 45.3 Å².